The van der Waals surface area contributed by atoms with Gasteiger partial charge in [-0.15, -0.1) is 0 Å². The van der Waals surface area contributed by atoms with Gasteiger partial charge >= 0.3 is 0 Å². The number of rotatable bonds is 2. The predicted octanol–water partition coefficient (Wildman–Crippen LogP) is 1.23. The molecule has 7 nitrogen and oxygen atoms in total. The average molecular weight is 351 g/mol. The zero-order valence-corrected chi connectivity index (χ0v) is 13.8. The van der Waals surface area contributed by atoms with Crippen LogP contribution < -0.4 is 15.4 Å². The van der Waals surface area contributed by atoms with Crippen LogP contribution in [0.4, 0.5) is 16.3 Å². The molecule has 4 heterocycles. The average Bonchev–Trinajstić information content (AvgIpc) is 3.11. The number of nitrogens with zero attached hydrogens (tertiary/aromatic N) is 5. The Balaban J connectivity index is 1.48. The van der Waals surface area contributed by atoms with Crippen molar-refractivity contribution < 1.29 is 4.39 Å². The van der Waals surface area contributed by atoms with Gasteiger partial charge in [0.15, 0.2) is 0 Å². The van der Waals surface area contributed by atoms with Gasteiger partial charge in [0.05, 0.1) is 23.1 Å². The fraction of sp³-hybridized carbons (Fsp3) is 0.467. The van der Waals surface area contributed by atoms with E-state index in [2.05, 4.69) is 24.8 Å². The third-order valence-corrected chi connectivity index (χ3v) is 4.89. The Morgan fingerprint density at radius 3 is 2.33 bits per heavy atom. The summed E-state index contributed by atoms with van der Waals surface area (Å²) in [6.45, 7) is 4.72. The summed E-state index contributed by atoms with van der Waals surface area (Å²) < 4.78 is 13.4. The van der Waals surface area contributed by atoms with Gasteiger partial charge in [0, 0.05) is 38.0 Å². The van der Waals surface area contributed by atoms with Crippen LogP contribution in [0.5, 0.6) is 0 Å². The normalized spacial score (nSPS) is 23.0. The second-order valence-corrected chi connectivity index (χ2v) is 6.76. The van der Waals surface area contributed by atoms with Crippen LogP contribution >= 0.6 is 11.6 Å². The van der Waals surface area contributed by atoms with Crippen LogP contribution in [0.2, 0.25) is 5.02 Å². The standard InChI is InChI=1S/C15H16ClFN6O/c1-8-12(17)13(24)21-15(20-8)23-6-9-4-22(5-10(9)7-23)14-18-2-11(16)3-19-14/h2-3,9-10H,4-7H2,1H3,(H,20,21,24). The molecule has 24 heavy (non-hydrogen) atoms. The number of aromatic nitrogens is 4. The van der Waals surface area contributed by atoms with E-state index in [4.69, 9.17) is 11.6 Å². The molecular weight excluding hydrogens is 335 g/mol. The number of anilines is 2. The Hall–Kier alpha value is -2.22. The fourth-order valence-corrected chi connectivity index (χ4v) is 3.60. The Labute approximate surface area is 142 Å². The van der Waals surface area contributed by atoms with Crippen molar-refractivity contribution in [1.82, 2.24) is 19.9 Å². The second kappa shape index (κ2) is 5.70. The lowest BCUT2D eigenvalue weighted by molar-refractivity contribution is 0.533. The number of hydrogen-bond donors (Lipinski definition) is 1. The predicted molar refractivity (Wildman–Crippen MR) is 88.0 cm³/mol. The van der Waals surface area contributed by atoms with Crippen LogP contribution in [0, 0.1) is 24.6 Å². The summed E-state index contributed by atoms with van der Waals surface area (Å²) in [4.78, 5) is 31.0. The van der Waals surface area contributed by atoms with E-state index in [-0.39, 0.29) is 5.69 Å². The van der Waals surface area contributed by atoms with E-state index in [0.717, 1.165) is 26.2 Å². The molecule has 4 rings (SSSR count). The van der Waals surface area contributed by atoms with Gasteiger partial charge in [-0.1, -0.05) is 11.6 Å². The lowest BCUT2D eigenvalue weighted by atomic mass is 10.0. The first-order valence-corrected chi connectivity index (χ1v) is 8.13. The molecule has 2 aliphatic rings. The Morgan fingerprint density at radius 2 is 1.75 bits per heavy atom. The Bertz CT molecular complexity index is 812. The van der Waals surface area contributed by atoms with Crippen LogP contribution in [0.3, 0.4) is 0 Å². The first-order valence-electron chi connectivity index (χ1n) is 7.75. The molecule has 9 heteroatoms. The van der Waals surface area contributed by atoms with E-state index in [9.17, 15) is 9.18 Å². The zero-order chi connectivity index (χ0) is 16.8. The molecule has 2 aliphatic heterocycles. The van der Waals surface area contributed by atoms with E-state index < -0.39 is 11.4 Å². The van der Waals surface area contributed by atoms with Gasteiger partial charge in [0.1, 0.15) is 0 Å². The molecule has 1 N–H and O–H groups in total. The van der Waals surface area contributed by atoms with Crippen molar-refractivity contribution in [3.63, 3.8) is 0 Å². The highest BCUT2D eigenvalue weighted by atomic mass is 35.5. The number of halogens is 2. The molecule has 2 aromatic heterocycles. The molecule has 2 atom stereocenters. The number of nitrogens with one attached hydrogen (secondary N) is 1. The molecular formula is C15H16ClFN6O. The van der Waals surface area contributed by atoms with Gasteiger partial charge in [-0.05, 0) is 6.92 Å². The van der Waals surface area contributed by atoms with E-state index in [1.165, 1.54) is 6.92 Å². The molecule has 2 fully saturated rings. The number of fused-ring (bicyclic) bond motifs is 1. The fourth-order valence-electron chi connectivity index (χ4n) is 3.50. The summed E-state index contributed by atoms with van der Waals surface area (Å²) >= 11 is 5.82. The summed E-state index contributed by atoms with van der Waals surface area (Å²) in [6.07, 6.45) is 3.19. The van der Waals surface area contributed by atoms with Gasteiger partial charge in [-0.25, -0.2) is 15.0 Å². The van der Waals surface area contributed by atoms with Gasteiger partial charge in [0.2, 0.25) is 17.7 Å². The molecule has 0 saturated carbocycles. The quantitative estimate of drug-likeness (QED) is 0.878. The van der Waals surface area contributed by atoms with Crippen molar-refractivity contribution in [3.8, 4) is 0 Å². The molecule has 2 unspecified atom stereocenters. The van der Waals surface area contributed by atoms with Crippen molar-refractivity contribution in [3.05, 3.63) is 39.3 Å². The molecule has 0 aliphatic carbocycles. The van der Waals surface area contributed by atoms with E-state index in [1.807, 2.05) is 4.90 Å². The maximum absolute atomic E-state index is 13.4. The zero-order valence-electron chi connectivity index (χ0n) is 13.0. The molecule has 0 radical (unpaired) electrons. The highest BCUT2D eigenvalue weighted by Crippen LogP contribution is 2.34. The van der Waals surface area contributed by atoms with Crippen LogP contribution in [-0.4, -0.2) is 46.1 Å². The Morgan fingerprint density at radius 1 is 1.17 bits per heavy atom. The number of hydrogen-bond acceptors (Lipinski definition) is 6. The van der Waals surface area contributed by atoms with Crippen molar-refractivity contribution in [2.24, 2.45) is 11.8 Å². The van der Waals surface area contributed by atoms with Crippen molar-refractivity contribution in [2.45, 2.75) is 6.92 Å². The van der Waals surface area contributed by atoms with Crippen molar-refractivity contribution in [1.29, 1.82) is 0 Å². The van der Waals surface area contributed by atoms with E-state index in [1.54, 1.807) is 12.4 Å². The van der Waals surface area contributed by atoms with Crippen LogP contribution in [-0.2, 0) is 0 Å². The highest BCUT2D eigenvalue weighted by Gasteiger charge is 2.41. The summed E-state index contributed by atoms with van der Waals surface area (Å²) in [5.41, 5.74) is -0.590. The maximum Gasteiger partial charge on any atom is 0.288 e. The molecule has 0 amide bonds. The minimum atomic E-state index is -0.816. The van der Waals surface area contributed by atoms with Crippen molar-refractivity contribution >= 4 is 23.5 Å². The summed E-state index contributed by atoms with van der Waals surface area (Å²) in [6, 6.07) is 0. The lowest BCUT2D eigenvalue weighted by Gasteiger charge is -2.22. The number of H-pyrrole nitrogens is 1. The minimum Gasteiger partial charge on any atom is -0.342 e. The SMILES string of the molecule is Cc1nc(N2CC3CN(c4ncc(Cl)cn4)CC3C2)[nH]c(=O)c1F. The van der Waals surface area contributed by atoms with E-state index >= 15 is 0 Å². The first kappa shape index (κ1) is 15.3. The molecule has 2 aromatic rings. The largest absolute Gasteiger partial charge is 0.342 e. The molecule has 0 spiro atoms. The molecule has 0 bridgehead atoms. The van der Waals surface area contributed by atoms with Crippen LogP contribution in [0.1, 0.15) is 5.69 Å². The first-order chi connectivity index (χ1) is 11.5. The van der Waals surface area contributed by atoms with Gasteiger partial charge in [-0.2, -0.15) is 4.39 Å². The van der Waals surface area contributed by atoms with Crippen LogP contribution in [0.15, 0.2) is 17.2 Å². The maximum atomic E-state index is 13.4. The van der Waals surface area contributed by atoms with Gasteiger partial charge in [0.25, 0.3) is 5.56 Å². The summed E-state index contributed by atoms with van der Waals surface area (Å²) in [5, 5.41) is 0.519. The Kier molecular flexibility index (Phi) is 3.64. The highest BCUT2D eigenvalue weighted by molar-refractivity contribution is 6.30. The second-order valence-electron chi connectivity index (χ2n) is 6.32. The van der Waals surface area contributed by atoms with Crippen LogP contribution in [0.25, 0.3) is 0 Å². The number of aryl methyl sites for hydroxylation is 1. The van der Waals surface area contributed by atoms with E-state index in [0.29, 0.717) is 28.8 Å². The molecule has 126 valence electrons. The molecule has 2 saturated heterocycles. The summed E-state index contributed by atoms with van der Waals surface area (Å²) in [7, 11) is 0. The third-order valence-electron chi connectivity index (χ3n) is 4.69. The third kappa shape index (κ3) is 2.60. The van der Waals surface area contributed by atoms with Crippen molar-refractivity contribution in [2.75, 3.05) is 36.0 Å². The summed E-state index contributed by atoms with van der Waals surface area (Å²) in [5.74, 6) is 1.18. The number of aromatic amines is 1. The lowest BCUT2D eigenvalue weighted by Crippen LogP contribution is -2.32. The smallest absolute Gasteiger partial charge is 0.288 e. The topological polar surface area (TPSA) is 78.0 Å². The van der Waals surface area contributed by atoms with Gasteiger partial charge in [-0.3, -0.25) is 9.78 Å². The minimum absolute atomic E-state index is 0.127. The van der Waals surface area contributed by atoms with Gasteiger partial charge < -0.3 is 9.80 Å². The monoisotopic (exact) mass is 350 g/mol. The molecule has 0 aromatic carbocycles.